The zero-order chi connectivity index (χ0) is 50.2. The highest BCUT2D eigenvalue weighted by molar-refractivity contribution is 5.98. The summed E-state index contributed by atoms with van der Waals surface area (Å²) < 4.78 is 5.72. The largest absolute Gasteiger partial charge is 0.458 e. The molecule has 0 aliphatic carbocycles. The van der Waals surface area contributed by atoms with E-state index in [1.165, 1.54) is 44.9 Å². The molecule has 2 rings (SSSR count). The number of esters is 1. The van der Waals surface area contributed by atoms with Crippen molar-refractivity contribution in [2.75, 3.05) is 13.6 Å². The van der Waals surface area contributed by atoms with Crippen molar-refractivity contribution in [3.63, 3.8) is 0 Å². The molecular weight excluding hydrogens is 861 g/mol. The molecule has 0 aromatic carbocycles. The number of hydrogen-bond acceptors (Lipinski definition) is 10. The first-order chi connectivity index (χ1) is 31.7. The number of hydrogen-bond donors (Lipinski definition) is 6. The van der Waals surface area contributed by atoms with Crippen molar-refractivity contribution < 1.29 is 47.9 Å². The van der Waals surface area contributed by atoms with Crippen LogP contribution in [0.4, 0.5) is 0 Å². The summed E-state index contributed by atoms with van der Waals surface area (Å²) in [6.45, 7) is 13.7. The molecule has 18 nitrogen and oxygen atoms in total. The van der Waals surface area contributed by atoms with Crippen LogP contribution >= 0.6 is 0 Å². The number of nitrogens with zero attached hydrogens (tertiary/aromatic N) is 2. The maximum atomic E-state index is 14.2. The highest BCUT2D eigenvalue weighted by atomic mass is 16.5. The van der Waals surface area contributed by atoms with Gasteiger partial charge in [0.25, 0.3) is 0 Å². The maximum absolute atomic E-state index is 14.2. The van der Waals surface area contributed by atoms with Crippen LogP contribution in [0.3, 0.4) is 0 Å². The second-order valence-corrected chi connectivity index (χ2v) is 17.4. The first-order valence-electron chi connectivity index (χ1n) is 22.9. The number of rotatable bonds is 15. The van der Waals surface area contributed by atoms with Crippen LogP contribution < -0.4 is 32.3 Å². The van der Waals surface area contributed by atoms with Gasteiger partial charge in [-0.25, -0.2) is 4.79 Å². The third-order valence-corrected chi connectivity index (χ3v) is 10.7. The highest BCUT2D eigenvalue weighted by Crippen LogP contribution is 2.21. The fraction of sp³-hybridized carbons (Fsp3) is 0.531. The minimum atomic E-state index is -1.57. The Kier molecular flexibility index (Phi) is 24.6. The maximum Gasteiger partial charge on any atom is 0.329 e. The van der Waals surface area contributed by atoms with Gasteiger partial charge in [-0.3, -0.25) is 38.4 Å². The van der Waals surface area contributed by atoms with Crippen molar-refractivity contribution in [2.24, 2.45) is 17.6 Å². The monoisotopic (exact) mass is 933 g/mol. The molecule has 0 bridgehead atoms. The lowest BCUT2D eigenvalue weighted by atomic mass is 9.99. The Morgan fingerprint density at radius 3 is 1.67 bits per heavy atom. The Morgan fingerprint density at radius 1 is 0.672 bits per heavy atom. The van der Waals surface area contributed by atoms with Gasteiger partial charge < -0.3 is 46.9 Å². The van der Waals surface area contributed by atoms with Gasteiger partial charge in [0.2, 0.25) is 47.3 Å². The van der Waals surface area contributed by atoms with E-state index in [0.29, 0.717) is 6.42 Å². The predicted octanol–water partition coefficient (Wildman–Crippen LogP) is 2.48. The summed E-state index contributed by atoms with van der Waals surface area (Å²) in [7, 11) is 1.30. The number of nitrogens with two attached hydrogens (primary N) is 1. The minimum Gasteiger partial charge on any atom is -0.458 e. The lowest BCUT2D eigenvalue weighted by Gasteiger charge is -2.33. The third-order valence-electron chi connectivity index (χ3n) is 10.7. The molecule has 18 heteroatoms. The third kappa shape index (κ3) is 19.8. The van der Waals surface area contributed by atoms with E-state index < -0.39 is 102 Å². The van der Waals surface area contributed by atoms with Gasteiger partial charge in [0, 0.05) is 26.1 Å². The molecule has 2 aliphatic rings. The quantitative estimate of drug-likeness (QED) is 0.0795. The summed E-state index contributed by atoms with van der Waals surface area (Å²) in [5, 5.41) is 13.2. The molecule has 67 heavy (non-hydrogen) atoms. The van der Waals surface area contributed by atoms with Gasteiger partial charge in [-0.2, -0.15) is 0 Å². The molecule has 8 amide bonds. The van der Waals surface area contributed by atoms with Crippen LogP contribution in [0.25, 0.3) is 0 Å². The van der Waals surface area contributed by atoms with E-state index in [1.807, 2.05) is 83.2 Å². The van der Waals surface area contributed by atoms with Gasteiger partial charge in [0.05, 0.1) is 0 Å². The van der Waals surface area contributed by atoms with Gasteiger partial charge >= 0.3 is 5.97 Å². The summed E-state index contributed by atoms with van der Waals surface area (Å²) in [6.07, 6.45) is 23.5. The van der Waals surface area contributed by atoms with Crippen molar-refractivity contribution in [3.05, 3.63) is 85.1 Å². The molecule has 7 N–H and O–H groups in total. The number of fused-ring (bicyclic) bond motifs is 1. The van der Waals surface area contributed by atoms with Crippen LogP contribution in [0, 0.1) is 11.8 Å². The lowest BCUT2D eigenvalue weighted by Crippen LogP contribution is -2.61. The van der Waals surface area contributed by atoms with E-state index in [2.05, 4.69) is 26.6 Å². The van der Waals surface area contributed by atoms with Crippen LogP contribution in [0.5, 0.6) is 0 Å². The zero-order valence-electron chi connectivity index (χ0n) is 40.4. The Bertz CT molecular complexity index is 1970. The molecular formula is C49H72N8O10. The van der Waals surface area contributed by atoms with Crippen molar-refractivity contribution in [1.29, 1.82) is 0 Å². The molecule has 368 valence electrons. The molecule has 0 aromatic heterocycles. The number of likely N-dealkylation sites (N-methyl/N-ethyl adjacent to an activating group) is 1. The number of primary amides is 1. The molecule has 0 aromatic rings. The lowest BCUT2D eigenvalue weighted by molar-refractivity contribution is -0.160. The predicted molar refractivity (Wildman–Crippen MR) is 255 cm³/mol. The number of allylic oxidation sites excluding steroid dienone is 13. The van der Waals surface area contributed by atoms with Crippen LogP contribution in [0.2, 0.25) is 0 Å². The van der Waals surface area contributed by atoms with Crippen LogP contribution in [-0.4, -0.2) is 125 Å². The first kappa shape index (κ1) is 56.5. The second-order valence-electron chi connectivity index (χ2n) is 17.4. The number of amides is 8. The van der Waals surface area contributed by atoms with E-state index in [1.54, 1.807) is 24.3 Å². The summed E-state index contributed by atoms with van der Waals surface area (Å²) in [6, 6.07) is -8.80. The number of cyclic esters (lactones) is 1. The number of carbonyl (C=O) groups is 9. The second kappa shape index (κ2) is 29.1. The Balaban J connectivity index is 2.57. The van der Waals surface area contributed by atoms with E-state index in [0.717, 1.165) is 4.90 Å². The van der Waals surface area contributed by atoms with E-state index >= 15 is 0 Å². The Hall–Kier alpha value is -6.59. The smallest absolute Gasteiger partial charge is 0.329 e. The summed E-state index contributed by atoms with van der Waals surface area (Å²) in [5.41, 5.74) is 5.39. The molecule has 2 heterocycles. The molecule has 0 radical (unpaired) electrons. The minimum absolute atomic E-state index is 0.0691. The standard InChI is InChI=1S/C49H72N8O10/c1-10-11-12-13-14-15-16-17-18-19-20-21-22-25-41(59)56(9)42-35(8)67-49(66)36(26-27-40(50)58)53-43(60)33(6)51-46(63)39-24-23-28-57(39)48(65)38(30-32(4)5)55-45(62)37(29-31(2)3)54-44(61)34(7)52-47(42)64/h10-22,25,31-39,42H,23-24,26-30H2,1-9H3,(H2,50,58)(H,51,63)(H,52,64)(H,53,60)(H,54,61)(H,55,62)/b11-10+,13-12+,15-14+,17-16+,19-18+,21-20+,25-22+/t33-,34+,35+,36-,37?,38-,39-,42-/m0/s1. The summed E-state index contributed by atoms with van der Waals surface area (Å²) in [4.78, 5) is 125. The highest BCUT2D eigenvalue weighted by Gasteiger charge is 2.41. The molecule has 2 aliphatic heterocycles. The summed E-state index contributed by atoms with van der Waals surface area (Å²) in [5.74, 6) is -7.02. The SMILES string of the molecule is C/C=C/C=C/C=C/C=C/C=C/C=C/C=C/C(=O)N(C)[C@@H]1C(=O)N[C@H](C)C(=O)NC(CC(C)C)C(=O)N[C@@H](CC(C)C)C(=O)N2CCC[C@H]2C(=O)N[C@@H](C)C(=O)N[C@@H](CCC(N)=O)C(=O)O[C@@H]1C. The topological polar surface area (TPSA) is 256 Å². The van der Waals surface area contributed by atoms with Crippen molar-refractivity contribution in [1.82, 2.24) is 36.4 Å². The van der Waals surface area contributed by atoms with Gasteiger partial charge in [0.1, 0.15) is 48.4 Å². The normalized spacial score (nSPS) is 26.1. The fourth-order valence-electron chi connectivity index (χ4n) is 7.22. The molecule has 1 unspecified atom stereocenters. The van der Waals surface area contributed by atoms with Gasteiger partial charge in [-0.05, 0) is 71.6 Å². The molecule has 0 spiro atoms. The summed E-state index contributed by atoms with van der Waals surface area (Å²) >= 11 is 0. The zero-order valence-corrected chi connectivity index (χ0v) is 40.4. The van der Waals surface area contributed by atoms with Crippen molar-refractivity contribution in [3.8, 4) is 0 Å². The van der Waals surface area contributed by atoms with Crippen LogP contribution in [-0.2, 0) is 47.9 Å². The Labute approximate surface area is 395 Å². The Morgan fingerprint density at radius 2 is 1.15 bits per heavy atom. The fourth-order valence-corrected chi connectivity index (χ4v) is 7.22. The van der Waals surface area contributed by atoms with Gasteiger partial charge in [0.15, 0.2) is 0 Å². The average molecular weight is 933 g/mol. The van der Waals surface area contributed by atoms with Crippen molar-refractivity contribution >= 4 is 53.2 Å². The van der Waals surface area contributed by atoms with Gasteiger partial charge in [-0.1, -0.05) is 107 Å². The van der Waals surface area contributed by atoms with Gasteiger partial charge in [-0.15, -0.1) is 0 Å². The number of ether oxygens (including phenoxy) is 1. The number of carbonyl (C=O) groups excluding carboxylic acids is 9. The van der Waals surface area contributed by atoms with E-state index in [-0.39, 0.29) is 50.5 Å². The first-order valence-corrected chi connectivity index (χ1v) is 22.9. The average Bonchev–Trinajstić information content (AvgIpc) is 3.75. The van der Waals surface area contributed by atoms with E-state index in [4.69, 9.17) is 10.5 Å². The molecule has 8 atom stereocenters. The molecule has 2 fully saturated rings. The molecule has 2 saturated heterocycles. The van der Waals surface area contributed by atoms with Crippen LogP contribution in [0.15, 0.2) is 85.1 Å². The van der Waals surface area contributed by atoms with Crippen LogP contribution in [0.1, 0.15) is 93.9 Å². The number of nitrogens with one attached hydrogen (secondary N) is 5. The molecule has 0 saturated carbocycles. The van der Waals surface area contributed by atoms with Crippen molar-refractivity contribution in [2.45, 2.75) is 142 Å². The van der Waals surface area contributed by atoms with E-state index in [9.17, 15) is 43.2 Å².